The fourth-order valence-corrected chi connectivity index (χ4v) is 2.61. The highest BCUT2D eigenvalue weighted by molar-refractivity contribution is 5.78. The molecule has 5 heteroatoms. The fraction of sp³-hybridized carbons (Fsp3) is 0.562. The van der Waals surface area contributed by atoms with Gasteiger partial charge in [-0.05, 0) is 49.9 Å². The second-order valence-corrected chi connectivity index (χ2v) is 5.57. The van der Waals surface area contributed by atoms with Crippen molar-refractivity contribution in [1.82, 2.24) is 5.32 Å². The van der Waals surface area contributed by atoms with Gasteiger partial charge < -0.3 is 15.8 Å². The minimum absolute atomic E-state index is 0.0618. The van der Waals surface area contributed by atoms with E-state index in [-0.39, 0.29) is 23.7 Å². The molecular weight excluding hydrogens is 271 g/mol. The Kier molecular flexibility index (Phi) is 5.99. The van der Waals surface area contributed by atoms with Gasteiger partial charge in [-0.2, -0.15) is 0 Å². The number of nitrogens with one attached hydrogen (secondary N) is 1. The number of ether oxygens (including phenoxy) is 1. The lowest BCUT2D eigenvalue weighted by molar-refractivity contribution is -0.126. The summed E-state index contributed by atoms with van der Waals surface area (Å²) in [5.41, 5.74) is 5.89. The van der Waals surface area contributed by atoms with Crippen molar-refractivity contribution in [2.24, 2.45) is 11.7 Å². The molecule has 1 aromatic rings. The average molecular weight is 294 g/mol. The maximum absolute atomic E-state index is 12.7. The third-order valence-corrected chi connectivity index (χ3v) is 3.79. The van der Waals surface area contributed by atoms with Gasteiger partial charge >= 0.3 is 0 Å². The van der Waals surface area contributed by atoms with E-state index >= 15 is 0 Å². The molecule has 0 bridgehead atoms. The van der Waals surface area contributed by atoms with Crippen molar-refractivity contribution in [3.8, 4) is 5.75 Å². The average Bonchev–Trinajstić information content (AvgIpc) is 2.48. The molecule has 1 amide bonds. The maximum Gasteiger partial charge on any atom is 0.223 e. The van der Waals surface area contributed by atoms with Crippen LogP contribution >= 0.6 is 0 Å². The lowest BCUT2D eigenvalue weighted by atomic mass is 9.85. The first kappa shape index (κ1) is 15.8. The molecule has 1 aromatic carbocycles. The number of nitrogens with two attached hydrogens (primary N) is 1. The van der Waals surface area contributed by atoms with E-state index in [1.54, 1.807) is 12.1 Å². The molecule has 0 aromatic heterocycles. The van der Waals surface area contributed by atoms with E-state index in [0.29, 0.717) is 18.9 Å². The van der Waals surface area contributed by atoms with Crippen LogP contribution in [-0.4, -0.2) is 25.1 Å². The fourth-order valence-electron chi connectivity index (χ4n) is 2.61. The first-order valence-corrected chi connectivity index (χ1v) is 7.57. The summed E-state index contributed by atoms with van der Waals surface area (Å²) in [6.07, 6.45) is 4.51. The van der Waals surface area contributed by atoms with E-state index < -0.39 is 0 Å². The van der Waals surface area contributed by atoms with E-state index in [1.165, 1.54) is 12.1 Å². The molecule has 0 aliphatic heterocycles. The number of hydrogen-bond acceptors (Lipinski definition) is 3. The predicted octanol–water partition coefficient (Wildman–Crippen LogP) is 2.23. The minimum Gasteiger partial charge on any atom is -0.494 e. The quantitative estimate of drug-likeness (QED) is 0.791. The van der Waals surface area contributed by atoms with Crippen LogP contribution in [-0.2, 0) is 4.79 Å². The number of carbonyl (C=O) groups is 1. The summed E-state index contributed by atoms with van der Waals surface area (Å²) >= 11 is 0. The largest absolute Gasteiger partial charge is 0.494 e. The Morgan fingerprint density at radius 1 is 1.33 bits per heavy atom. The van der Waals surface area contributed by atoms with Crippen LogP contribution in [0.5, 0.6) is 5.75 Å². The Hall–Kier alpha value is -1.62. The van der Waals surface area contributed by atoms with Gasteiger partial charge in [0, 0.05) is 18.5 Å². The zero-order chi connectivity index (χ0) is 15.1. The van der Waals surface area contributed by atoms with Gasteiger partial charge in [0.15, 0.2) is 0 Å². The van der Waals surface area contributed by atoms with E-state index in [9.17, 15) is 9.18 Å². The SMILES string of the molecule is NC1CCCC(C(=O)NCCCOc2ccc(F)cc2)C1. The molecule has 0 saturated heterocycles. The number of hydrogen-bond donors (Lipinski definition) is 2. The molecule has 0 heterocycles. The summed E-state index contributed by atoms with van der Waals surface area (Å²) in [4.78, 5) is 12.0. The smallest absolute Gasteiger partial charge is 0.223 e. The number of rotatable bonds is 6. The molecule has 116 valence electrons. The van der Waals surface area contributed by atoms with Crippen LogP contribution in [0.4, 0.5) is 4.39 Å². The van der Waals surface area contributed by atoms with Crippen molar-refractivity contribution < 1.29 is 13.9 Å². The number of amides is 1. The molecule has 1 fully saturated rings. The second kappa shape index (κ2) is 7.98. The van der Waals surface area contributed by atoms with Gasteiger partial charge in [0.2, 0.25) is 5.91 Å². The molecule has 1 aliphatic rings. The summed E-state index contributed by atoms with van der Waals surface area (Å²) < 4.78 is 18.2. The van der Waals surface area contributed by atoms with Crippen LogP contribution in [0.1, 0.15) is 32.1 Å². The number of halogens is 1. The van der Waals surface area contributed by atoms with Gasteiger partial charge in [0.1, 0.15) is 11.6 Å². The molecule has 2 unspecified atom stereocenters. The molecule has 1 saturated carbocycles. The number of benzene rings is 1. The summed E-state index contributed by atoms with van der Waals surface area (Å²) in [6.45, 7) is 1.09. The van der Waals surface area contributed by atoms with Crippen molar-refractivity contribution in [3.05, 3.63) is 30.1 Å². The van der Waals surface area contributed by atoms with Crippen LogP contribution in [0.25, 0.3) is 0 Å². The lowest BCUT2D eigenvalue weighted by Gasteiger charge is -2.25. The molecule has 2 atom stereocenters. The van der Waals surface area contributed by atoms with Gasteiger partial charge in [-0.3, -0.25) is 4.79 Å². The van der Waals surface area contributed by atoms with Crippen LogP contribution in [0, 0.1) is 11.7 Å². The number of carbonyl (C=O) groups excluding carboxylic acids is 1. The summed E-state index contributed by atoms with van der Waals surface area (Å²) in [6, 6.07) is 6.08. The van der Waals surface area contributed by atoms with Crippen molar-refractivity contribution in [2.45, 2.75) is 38.1 Å². The van der Waals surface area contributed by atoms with Crippen LogP contribution < -0.4 is 15.8 Å². The summed E-state index contributed by atoms with van der Waals surface area (Å²) in [7, 11) is 0. The zero-order valence-electron chi connectivity index (χ0n) is 12.2. The first-order valence-electron chi connectivity index (χ1n) is 7.57. The standard InChI is InChI=1S/C16H23FN2O2/c17-13-5-7-15(8-6-13)21-10-2-9-19-16(20)12-3-1-4-14(18)11-12/h5-8,12,14H,1-4,9-11,18H2,(H,19,20). The van der Waals surface area contributed by atoms with E-state index in [4.69, 9.17) is 10.5 Å². The Morgan fingerprint density at radius 3 is 2.81 bits per heavy atom. The second-order valence-electron chi connectivity index (χ2n) is 5.57. The van der Waals surface area contributed by atoms with Gasteiger partial charge in [-0.25, -0.2) is 4.39 Å². The highest BCUT2D eigenvalue weighted by Gasteiger charge is 2.24. The van der Waals surface area contributed by atoms with Gasteiger partial charge in [0.05, 0.1) is 6.61 Å². The normalized spacial score (nSPS) is 21.8. The molecule has 1 aliphatic carbocycles. The Bertz CT molecular complexity index is 450. The van der Waals surface area contributed by atoms with Crippen LogP contribution in [0.2, 0.25) is 0 Å². The van der Waals surface area contributed by atoms with Gasteiger partial charge in [-0.15, -0.1) is 0 Å². The lowest BCUT2D eigenvalue weighted by Crippen LogP contribution is -2.38. The molecule has 3 N–H and O–H groups in total. The minimum atomic E-state index is -0.277. The monoisotopic (exact) mass is 294 g/mol. The van der Waals surface area contributed by atoms with E-state index in [0.717, 1.165) is 32.1 Å². The van der Waals surface area contributed by atoms with E-state index in [1.807, 2.05) is 0 Å². The molecule has 4 nitrogen and oxygen atoms in total. The third kappa shape index (κ3) is 5.34. The van der Waals surface area contributed by atoms with Crippen molar-refractivity contribution >= 4 is 5.91 Å². The van der Waals surface area contributed by atoms with Crippen molar-refractivity contribution in [2.75, 3.05) is 13.2 Å². The molecule has 21 heavy (non-hydrogen) atoms. The Morgan fingerprint density at radius 2 is 2.10 bits per heavy atom. The zero-order valence-corrected chi connectivity index (χ0v) is 12.2. The maximum atomic E-state index is 12.7. The highest BCUT2D eigenvalue weighted by atomic mass is 19.1. The van der Waals surface area contributed by atoms with Gasteiger partial charge in [0.25, 0.3) is 0 Å². The van der Waals surface area contributed by atoms with E-state index in [2.05, 4.69) is 5.32 Å². The topological polar surface area (TPSA) is 64.4 Å². The summed E-state index contributed by atoms with van der Waals surface area (Å²) in [5.74, 6) is 0.528. The third-order valence-electron chi connectivity index (χ3n) is 3.79. The molecule has 2 rings (SSSR count). The van der Waals surface area contributed by atoms with Crippen LogP contribution in [0.15, 0.2) is 24.3 Å². The highest BCUT2D eigenvalue weighted by Crippen LogP contribution is 2.23. The Labute approximate surface area is 124 Å². The van der Waals surface area contributed by atoms with Crippen molar-refractivity contribution in [3.63, 3.8) is 0 Å². The van der Waals surface area contributed by atoms with Crippen LogP contribution in [0.3, 0.4) is 0 Å². The van der Waals surface area contributed by atoms with Gasteiger partial charge in [-0.1, -0.05) is 6.42 Å². The van der Waals surface area contributed by atoms with Crippen molar-refractivity contribution in [1.29, 1.82) is 0 Å². The Balaban J connectivity index is 1.59. The molecular formula is C16H23FN2O2. The summed E-state index contributed by atoms with van der Waals surface area (Å²) in [5, 5.41) is 2.93. The predicted molar refractivity (Wildman–Crippen MR) is 79.5 cm³/mol. The first-order chi connectivity index (χ1) is 10.1. The molecule has 0 radical (unpaired) electrons. The molecule has 0 spiro atoms.